The summed E-state index contributed by atoms with van der Waals surface area (Å²) < 4.78 is 18.5. The first kappa shape index (κ1) is 13.2. The molecule has 2 atom stereocenters. The fourth-order valence-electron chi connectivity index (χ4n) is 1.83. The summed E-state index contributed by atoms with van der Waals surface area (Å²) in [6, 6.07) is -0.102. The molecule has 1 aliphatic rings. The highest BCUT2D eigenvalue weighted by atomic mass is 19.1. The van der Waals surface area contributed by atoms with Crippen LogP contribution in [0.3, 0.4) is 0 Å². The van der Waals surface area contributed by atoms with Crippen LogP contribution in [-0.2, 0) is 4.74 Å². The molecule has 0 aliphatic carbocycles. The van der Waals surface area contributed by atoms with Crippen LogP contribution < -0.4 is 5.32 Å². The number of nitrogens with one attached hydrogen (secondary N) is 1. The van der Waals surface area contributed by atoms with Crippen LogP contribution in [0.1, 0.15) is 27.2 Å². The molecule has 4 nitrogen and oxygen atoms in total. The third-order valence-corrected chi connectivity index (χ3v) is 2.43. The van der Waals surface area contributed by atoms with E-state index in [9.17, 15) is 9.18 Å². The molecule has 0 radical (unpaired) electrons. The molecule has 1 aliphatic heterocycles. The summed E-state index contributed by atoms with van der Waals surface area (Å²) in [5.74, 6) is 0. The predicted octanol–water partition coefficient (Wildman–Crippen LogP) is 1.55. The standard InChI is InChI=1S/C11H21FN2O2/c1-11(2,3)16-10(15)14-7-8(12)5-9(14)6-13-4/h8-9,13H,5-7H2,1-4H3. The van der Waals surface area contributed by atoms with Gasteiger partial charge in [-0.1, -0.05) is 0 Å². The molecule has 1 rings (SSSR count). The van der Waals surface area contributed by atoms with E-state index >= 15 is 0 Å². The fourth-order valence-corrected chi connectivity index (χ4v) is 1.83. The van der Waals surface area contributed by atoms with Gasteiger partial charge in [0.1, 0.15) is 11.8 Å². The summed E-state index contributed by atoms with van der Waals surface area (Å²) in [6.45, 7) is 6.16. The topological polar surface area (TPSA) is 41.6 Å². The molecule has 1 heterocycles. The van der Waals surface area contributed by atoms with Crippen molar-refractivity contribution in [2.45, 2.75) is 45.0 Å². The SMILES string of the molecule is CNCC1CC(F)CN1C(=O)OC(C)(C)C. The van der Waals surface area contributed by atoms with Crippen LogP contribution in [0.4, 0.5) is 9.18 Å². The van der Waals surface area contributed by atoms with Gasteiger partial charge in [0, 0.05) is 13.0 Å². The average Bonchev–Trinajstić information content (AvgIpc) is 2.44. The maximum atomic E-state index is 13.3. The van der Waals surface area contributed by atoms with E-state index in [1.807, 2.05) is 0 Å². The van der Waals surface area contributed by atoms with Crippen molar-refractivity contribution in [3.8, 4) is 0 Å². The van der Waals surface area contributed by atoms with Crippen LogP contribution in [0.2, 0.25) is 0 Å². The summed E-state index contributed by atoms with van der Waals surface area (Å²) in [4.78, 5) is 13.3. The van der Waals surface area contributed by atoms with E-state index in [4.69, 9.17) is 4.74 Å². The molecule has 0 aromatic carbocycles. The molecule has 0 saturated carbocycles. The molecule has 0 aromatic rings. The number of hydrogen-bond acceptors (Lipinski definition) is 3. The van der Waals surface area contributed by atoms with E-state index in [2.05, 4.69) is 5.32 Å². The van der Waals surface area contributed by atoms with Crippen LogP contribution in [0.25, 0.3) is 0 Å². The number of alkyl halides is 1. The lowest BCUT2D eigenvalue weighted by atomic mass is 10.2. The zero-order valence-electron chi connectivity index (χ0n) is 10.4. The molecule has 0 aromatic heterocycles. The van der Waals surface area contributed by atoms with Gasteiger partial charge in [0.2, 0.25) is 0 Å². The van der Waals surface area contributed by atoms with E-state index in [-0.39, 0.29) is 12.6 Å². The van der Waals surface area contributed by atoms with Gasteiger partial charge in [-0.3, -0.25) is 0 Å². The maximum Gasteiger partial charge on any atom is 0.410 e. The van der Waals surface area contributed by atoms with Crippen LogP contribution in [-0.4, -0.2) is 48.9 Å². The summed E-state index contributed by atoms with van der Waals surface area (Å²) in [5.41, 5.74) is -0.532. The largest absolute Gasteiger partial charge is 0.444 e. The van der Waals surface area contributed by atoms with Gasteiger partial charge < -0.3 is 15.0 Å². The van der Waals surface area contributed by atoms with Crippen molar-refractivity contribution in [2.75, 3.05) is 20.1 Å². The van der Waals surface area contributed by atoms with Crippen molar-refractivity contribution in [3.63, 3.8) is 0 Å². The molecule has 1 N–H and O–H groups in total. The number of ether oxygens (including phenoxy) is 1. The molecular weight excluding hydrogens is 211 g/mol. The van der Waals surface area contributed by atoms with Crippen LogP contribution >= 0.6 is 0 Å². The predicted molar refractivity (Wildman–Crippen MR) is 60.2 cm³/mol. The lowest BCUT2D eigenvalue weighted by Crippen LogP contribution is -2.43. The number of carbonyl (C=O) groups is 1. The molecule has 1 saturated heterocycles. The zero-order valence-corrected chi connectivity index (χ0v) is 10.4. The van der Waals surface area contributed by atoms with Crippen molar-refractivity contribution >= 4 is 6.09 Å². The van der Waals surface area contributed by atoms with Crippen molar-refractivity contribution in [3.05, 3.63) is 0 Å². The molecule has 5 heteroatoms. The molecule has 94 valence electrons. The second kappa shape index (κ2) is 4.99. The number of likely N-dealkylation sites (tertiary alicyclic amines) is 1. The normalized spacial score (nSPS) is 25.9. The monoisotopic (exact) mass is 232 g/mol. The Balaban J connectivity index is 2.59. The number of hydrogen-bond donors (Lipinski definition) is 1. The van der Waals surface area contributed by atoms with Gasteiger partial charge in [-0.25, -0.2) is 9.18 Å². The second-order valence-corrected chi connectivity index (χ2v) is 5.18. The number of rotatable bonds is 2. The minimum Gasteiger partial charge on any atom is -0.444 e. The fraction of sp³-hybridized carbons (Fsp3) is 0.909. The number of halogens is 1. The molecule has 2 unspecified atom stereocenters. The molecule has 16 heavy (non-hydrogen) atoms. The van der Waals surface area contributed by atoms with Crippen LogP contribution in [0.5, 0.6) is 0 Å². The van der Waals surface area contributed by atoms with E-state index in [0.717, 1.165) is 0 Å². The van der Waals surface area contributed by atoms with Gasteiger partial charge in [-0.2, -0.15) is 0 Å². The Hall–Kier alpha value is -0.840. The third-order valence-electron chi connectivity index (χ3n) is 2.43. The molecule has 0 spiro atoms. The van der Waals surface area contributed by atoms with Crippen molar-refractivity contribution in [2.24, 2.45) is 0 Å². The first-order valence-corrected chi connectivity index (χ1v) is 5.62. The minimum atomic E-state index is -0.939. The number of nitrogens with zero attached hydrogens (tertiary/aromatic N) is 1. The van der Waals surface area contributed by atoms with Gasteiger partial charge >= 0.3 is 6.09 Å². The molecule has 1 amide bonds. The van der Waals surface area contributed by atoms with Crippen LogP contribution in [0, 0.1) is 0 Å². The van der Waals surface area contributed by atoms with Gasteiger partial charge in [-0.15, -0.1) is 0 Å². The van der Waals surface area contributed by atoms with Gasteiger partial charge in [-0.05, 0) is 27.8 Å². The Labute approximate surface area is 96.1 Å². The zero-order chi connectivity index (χ0) is 12.3. The number of carbonyl (C=O) groups excluding carboxylic acids is 1. The Morgan fingerprint density at radius 2 is 2.19 bits per heavy atom. The summed E-state index contributed by atoms with van der Waals surface area (Å²) in [5, 5.41) is 2.96. The first-order valence-electron chi connectivity index (χ1n) is 5.62. The lowest BCUT2D eigenvalue weighted by Gasteiger charge is -2.28. The Morgan fingerprint density at radius 1 is 1.56 bits per heavy atom. The second-order valence-electron chi connectivity index (χ2n) is 5.18. The first-order chi connectivity index (χ1) is 7.33. The molecule has 1 fully saturated rings. The highest BCUT2D eigenvalue weighted by Crippen LogP contribution is 2.22. The summed E-state index contributed by atoms with van der Waals surface area (Å²) in [6.07, 6.45) is -0.973. The highest BCUT2D eigenvalue weighted by Gasteiger charge is 2.37. The van der Waals surface area contributed by atoms with Gasteiger partial charge in [0.25, 0.3) is 0 Å². The lowest BCUT2D eigenvalue weighted by molar-refractivity contribution is 0.0220. The van der Waals surface area contributed by atoms with E-state index < -0.39 is 17.9 Å². The van der Waals surface area contributed by atoms with Crippen molar-refractivity contribution < 1.29 is 13.9 Å². The summed E-state index contributed by atoms with van der Waals surface area (Å²) >= 11 is 0. The third kappa shape index (κ3) is 3.63. The number of likely N-dealkylation sites (N-methyl/N-ethyl adjacent to an activating group) is 1. The quantitative estimate of drug-likeness (QED) is 0.785. The van der Waals surface area contributed by atoms with Crippen molar-refractivity contribution in [1.82, 2.24) is 10.2 Å². The Bertz CT molecular complexity index is 253. The maximum absolute atomic E-state index is 13.3. The highest BCUT2D eigenvalue weighted by molar-refractivity contribution is 5.69. The summed E-state index contributed by atoms with van der Waals surface area (Å²) in [7, 11) is 1.79. The molecule has 0 bridgehead atoms. The van der Waals surface area contributed by atoms with E-state index in [0.29, 0.717) is 13.0 Å². The minimum absolute atomic E-state index is 0.102. The Morgan fingerprint density at radius 3 is 2.69 bits per heavy atom. The van der Waals surface area contributed by atoms with Gasteiger partial charge in [0.15, 0.2) is 0 Å². The van der Waals surface area contributed by atoms with E-state index in [1.165, 1.54) is 4.90 Å². The Kier molecular flexibility index (Phi) is 4.13. The van der Waals surface area contributed by atoms with Crippen LogP contribution in [0.15, 0.2) is 0 Å². The smallest absolute Gasteiger partial charge is 0.410 e. The number of amides is 1. The van der Waals surface area contributed by atoms with Crippen molar-refractivity contribution in [1.29, 1.82) is 0 Å². The van der Waals surface area contributed by atoms with E-state index in [1.54, 1.807) is 27.8 Å². The average molecular weight is 232 g/mol. The van der Waals surface area contributed by atoms with Gasteiger partial charge in [0.05, 0.1) is 12.6 Å². The molecular formula is C11H21FN2O2.